The van der Waals surface area contributed by atoms with Gasteiger partial charge in [-0.15, -0.1) is 0 Å². The highest BCUT2D eigenvalue weighted by atomic mass is 79.9. The molecule has 1 amide bonds. The first kappa shape index (κ1) is 18.7. The maximum Gasteiger partial charge on any atom is 0.264 e. The molecular weight excluding hydrogens is 416 g/mol. The summed E-state index contributed by atoms with van der Waals surface area (Å²) >= 11 is 4.85. The zero-order valence-corrected chi connectivity index (χ0v) is 16.9. The molecule has 0 atom stereocenters. The van der Waals surface area contributed by atoms with Gasteiger partial charge in [0, 0.05) is 4.47 Å². The van der Waals surface area contributed by atoms with Crippen molar-refractivity contribution in [1.82, 2.24) is 4.98 Å². The molecule has 0 saturated carbocycles. The largest absolute Gasteiger partial charge is 0.494 e. The van der Waals surface area contributed by atoms with E-state index in [0.717, 1.165) is 32.4 Å². The van der Waals surface area contributed by atoms with Crippen LogP contribution in [0.2, 0.25) is 0 Å². The van der Waals surface area contributed by atoms with Crippen LogP contribution in [0.3, 0.4) is 0 Å². The molecule has 7 heteroatoms. The number of ether oxygens (including phenoxy) is 2. The summed E-state index contributed by atoms with van der Waals surface area (Å²) in [5.41, 5.74) is 1.88. The average Bonchev–Trinajstić information content (AvgIpc) is 3.02. The third-order valence-electron chi connectivity index (χ3n) is 3.58. The SMILES string of the molecule is CCCOc1ccc2nc(NC(=O)COc3ccc(Br)c(C)c3)sc2c1. The Kier molecular flexibility index (Phi) is 6.11. The highest BCUT2D eigenvalue weighted by Crippen LogP contribution is 2.29. The molecule has 1 aromatic heterocycles. The number of carbonyl (C=O) groups is 1. The van der Waals surface area contributed by atoms with Crippen molar-refractivity contribution in [2.75, 3.05) is 18.5 Å². The van der Waals surface area contributed by atoms with Crippen LogP contribution in [0, 0.1) is 6.92 Å². The van der Waals surface area contributed by atoms with E-state index in [1.807, 2.05) is 43.3 Å². The Morgan fingerprint density at radius 2 is 1.96 bits per heavy atom. The van der Waals surface area contributed by atoms with Gasteiger partial charge in [-0.05, 0) is 55.3 Å². The highest BCUT2D eigenvalue weighted by Gasteiger charge is 2.10. The van der Waals surface area contributed by atoms with E-state index in [-0.39, 0.29) is 12.5 Å². The lowest BCUT2D eigenvalue weighted by molar-refractivity contribution is -0.118. The minimum atomic E-state index is -0.243. The normalized spacial score (nSPS) is 10.7. The molecule has 0 spiro atoms. The molecule has 3 rings (SSSR count). The number of aryl methyl sites for hydroxylation is 1. The zero-order valence-electron chi connectivity index (χ0n) is 14.5. The summed E-state index contributed by atoms with van der Waals surface area (Å²) in [6, 6.07) is 11.3. The van der Waals surface area contributed by atoms with Gasteiger partial charge in [0.1, 0.15) is 11.5 Å². The van der Waals surface area contributed by atoms with Gasteiger partial charge in [-0.3, -0.25) is 10.1 Å². The number of nitrogens with one attached hydrogen (secondary N) is 1. The summed E-state index contributed by atoms with van der Waals surface area (Å²) in [5.74, 6) is 1.23. The Morgan fingerprint density at radius 1 is 1.19 bits per heavy atom. The second-order valence-corrected chi connectivity index (χ2v) is 7.63. The summed E-state index contributed by atoms with van der Waals surface area (Å²) in [7, 11) is 0. The van der Waals surface area contributed by atoms with Gasteiger partial charge in [0.2, 0.25) is 0 Å². The van der Waals surface area contributed by atoms with Gasteiger partial charge in [0.15, 0.2) is 11.7 Å². The predicted molar refractivity (Wildman–Crippen MR) is 108 cm³/mol. The van der Waals surface area contributed by atoms with E-state index < -0.39 is 0 Å². The molecule has 2 aromatic carbocycles. The second-order valence-electron chi connectivity index (χ2n) is 5.74. The Morgan fingerprint density at radius 3 is 2.73 bits per heavy atom. The molecule has 0 aliphatic carbocycles. The van der Waals surface area contributed by atoms with Crippen molar-refractivity contribution in [3.63, 3.8) is 0 Å². The van der Waals surface area contributed by atoms with Crippen molar-refractivity contribution in [3.8, 4) is 11.5 Å². The van der Waals surface area contributed by atoms with Gasteiger partial charge in [-0.25, -0.2) is 4.98 Å². The van der Waals surface area contributed by atoms with Crippen LogP contribution in [0.1, 0.15) is 18.9 Å². The number of benzene rings is 2. The number of hydrogen-bond donors (Lipinski definition) is 1. The number of carbonyl (C=O) groups excluding carboxylic acids is 1. The Bertz CT molecular complexity index is 926. The smallest absolute Gasteiger partial charge is 0.264 e. The molecule has 136 valence electrons. The van der Waals surface area contributed by atoms with Crippen LogP contribution in [0.15, 0.2) is 40.9 Å². The van der Waals surface area contributed by atoms with Crippen molar-refractivity contribution in [2.45, 2.75) is 20.3 Å². The quantitative estimate of drug-likeness (QED) is 0.556. The number of anilines is 1. The summed E-state index contributed by atoms with van der Waals surface area (Å²) < 4.78 is 13.1. The van der Waals surface area contributed by atoms with Crippen molar-refractivity contribution in [2.24, 2.45) is 0 Å². The molecular formula is C19H19BrN2O3S. The van der Waals surface area contributed by atoms with Crippen molar-refractivity contribution < 1.29 is 14.3 Å². The van der Waals surface area contributed by atoms with Crippen LogP contribution in [0.25, 0.3) is 10.2 Å². The number of hydrogen-bond acceptors (Lipinski definition) is 5. The molecule has 1 heterocycles. The molecule has 3 aromatic rings. The van der Waals surface area contributed by atoms with E-state index in [1.54, 1.807) is 0 Å². The van der Waals surface area contributed by atoms with E-state index in [0.29, 0.717) is 17.5 Å². The fourth-order valence-electron chi connectivity index (χ4n) is 2.28. The molecule has 0 radical (unpaired) electrons. The summed E-state index contributed by atoms with van der Waals surface area (Å²) in [6.45, 7) is 4.65. The number of rotatable bonds is 7. The molecule has 0 bridgehead atoms. The zero-order chi connectivity index (χ0) is 18.5. The number of halogens is 1. The lowest BCUT2D eigenvalue weighted by Crippen LogP contribution is -2.20. The Labute approximate surface area is 164 Å². The van der Waals surface area contributed by atoms with Gasteiger partial charge in [0.25, 0.3) is 5.91 Å². The van der Waals surface area contributed by atoms with E-state index in [9.17, 15) is 4.79 Å². The molecule has 5 nitrogen and oxygen atoms in total. The predicted octanol–water partition coefficient (Wildman–Crippen LogP) is 5.17. The maximum atomic E-state index is 12.1. The molecule has 1 N–H and O–H groups in total. The highest BCUT2D eigenvalue weighted by molar-refractivity contribution is 9.10. The van der Waals surface area contributed by atoms with Crippen LogP contribution in [0.4, 0.5) is 5.13 Å². The Hall–Kier alpha value is -2.12. The van der Waals surface area contributed by atoms with Gasteiger partial charge < -0.3 is 9.47 Å². The first-order valence-electron chi connectivity index (χ1n) is 8.27. The van der Waals surface area contributed by atoms with Crippen LogP contribution >= 0.6 is 27.3 Å². The third kappa shape index (κ3) is 4.74. The average molecular weight is 435 g/mol. The lowest BCUT2D eigenvalue weighted by Gasteiger charge is -2.07. The van der Waals surface area contributed by atoms with Crippen LogP contribution in [-0.2, 0) is 4.79 Å². The number of nitrogens with zero attached hydrogens (tertiary/aromatic N) is 1. The maximum absolute atomic E-state index is 12.1. The van der Waals surface area contributed by atoms with Crippen molar-refractivity contribution >= 4 is 48.5 Å². The molecule has 0 aliphatic heterocycles. The van der Waals surface area contributed by atoms with E-state index in [1.165, 1.54) is 11.3 Å². The molecule has 0 fully saturated rings. The summed E-state index contributed by atoms with van der Waals surface area (Å²) in [5, 5.41) is 3.33. The standard InChI is InChI=1S/C19H19BrN2O3S/c1-3-8-24-14-5-7-16-17(10-14)26-19(21-16)22-18(23)11-25-13-4-6-15(20)12(2)9-13/h4-7,9-10H,3,8,11H2,1-2H3,(H,21,22,23). The topological polar surface area (TPSA) is 60.5 Å². The number of thiazole rings is 1. The molecule has 0 unspecified atom stereocenters. The molecule has 0 saturated heterocycles. The number of aromatic nitrogens is 1. The van der Waals surface area contributed by atoms with Crippen LogP contribution in [-0.4, -0.2) is 24.1 Å². The van der Waals surface area contributed by atoms with Crippen LogP contribution in [0.5, 0.6) is 11.5 Å². The summed E-state index contributed by atoms with van der Waals surface area (Å²) in [4.78, 5) is 16.5. The Balaban J connectivity index is 1.60. The van der Waals surface area contributed by atoms with Crippen molar-refractivity contribution in [1.29, 1.82) is 0 Å². The fourth-order valence-corrected chi connectivity index (χ4v) is 3.44. The third-order valence-corrected chi connectivity index (χ3v) is 5.40. The monoisotopic (exact) mass is 434 g/mol. The first-order chi connectivity index (χ1) is 12.5. The van der Waals surface area contributed by atoms with Gasteiger partial charge >= 0.3 is 0 Å². The lowest BCUT2D eigenvalue weighted by atomic mass is 10.2. The molecule has 0 aliphatic rings. The second kappa shape index (κ2) is 8.51. The van der Waals surface area contributed by atoms with Crippen LogP contribution < -0.4 is 14.8 Å². The van der Waals surface area contributed by atoms with Gasteiger partial charge in [-0.1, -0.05) is 34.2 Å². The summed E-state index contributed by atoms with van der Waals surface area (Å²) in [6.07, 6.45) is 0.958. The van der Waals surface area contributed by atoms with Gasteiger partial charge in [0.05, 0.1) is 16.8 Å². The fraction of sp³-hybridized carbons (Fsp3) is 0.263. The first-order valence-corrected chi connectivity index (χ1v) is 9.88. The number of amides is 1. The minimum absolute atomic E-state index is 0.0676. The minimum Gasteiger partial charge on any atom is -0.494 e. The van der Waals surface area contributed by atoms with Gasteiger partial charge in [-0.2, -0.15) is 0 Å². The van der Waals surface area contributed by atoms with E-state index >= 15 is 0 Å². The number of fused-ring (bicyclic) bond motifs is 1. The van der Waals surface area contributed by atoms with E-state index in [4.69, 9.17) is 9.47 Å². The van der Waals surface area contributed by atoms with Crippen molar-refractivity contribution in [3.05, 3.63) is 46.4 Å². The molecule has 26 heavy (non-hydrogen) atoms. The van der Waals surface area contributed by atoms with E-state index in [2.05, 4.69) is 33.2 Å².